The van der Waals surface area contributed by atoms with Crippen molar-refractivity contribution in [1.82, 2.24) is 9.88 Å². The largest absolute Gasteiger partial charge is 0.493 e. The first-order valence-electron chi connectivity index (χ1n) is 10.3. The van der Waals surface area contributed by atoms with E-state index in [4.69, 9.17) is 26.1 Å². The van der Waals surface area contributed by atoms with Crippen LogP contribution in [0.3, 0.4) is 0 Å². The number of anilines is 1. The van der Waals surface area contributed by atoms with Gasteiger partial charge in [0.2, 0.25) is 0 Å². The number of nitrogens with zero attached hydrogens (tertiary/aromatic N) is 3. The third kappa shape index (κ3) is 5.59. The molecule has 0 atom stereocenters. The number of hydrogen-bond donors (Lipinski definition) is 0. The van der Waals surface area contributed by atoms with Gasteiger partial charge in [0.1, 0.15) is 0 Å². The second-order valence-corrected chi connectivity index (χ2v) is 9.03. The average Bonchev–Trinajstić information content (AvgIpc) is 3.21. The number of fused-ring (bicyclic) bond motifs is 1. The molecule has 32 heavy (non-hydrogen) atoms. The summed E-state index contributed by atoms with van der Waals surface area (Å²) < 4.78 is 11.6. The van der Waals surface area contributed by atoms with Crippen LogP contribution in [0.15, 0.2) is 36.4 Å². The molecule has 0 unspecified atom stereocenters. The molecule has 1 amide bonds. The fraction of sp³-hybridized carbons (Fsp3) is 0.333. The van der Waals surface area contributed by atoms with Crippen molar-refractivity contribution < 1.29 is 14.3 Å². The number of methoxy groups -OCH3 is 2. The second kappa shape index (κ2) is 10.8. The fourth-order valence-corrected chi connectivity index (χ4v) is 4.47. The molecule has 0 N–H and O–H groups in total. The van der Waals surface area contributed by atoms with E-state index in [0.717, 1.165) is 34.3 Å². The summed E-state index contributed by atoms with van der Waals surface area (Å²) >= 11 is 7.77. The molecular weight excluding hydrogens is 446 g/mol. The van der Waals surface area contributed by atoms with Crippen molar-refractivity contribution >= 4 is 50.3 Å². The number of hydrogen-bond acceptors (Lipinski definition) is 6. The topological polar surface area (TPSA) is 54.9 Å². The smallest absolute Gasteiger partial charge is 0.252 e. The highest BCUT2D eigenvalue weighted by molar-refractivity contribution is 7.22. The number of halogens is 1. The Bertz CT molecular complexity index is 1130. The third-order valence-electron chi connectivity index (χ3n) is 5.05. The molecule has 0 saturated carbocycles. The molecule has 170 valence electrons. The van der Waals surface area contributed by atoms with Gasteiger partial charge in [0.25, 0.3) is 5.91 Å². The van der Waals surface area contributed by atoms with Gasteiger partial charge in [-0.1, -0.05) is 29.0 Å². The molecule has 1 aromatic heterocycles. The van der Waals surface area contributed by atoms with E-state index in [9.17, 15) is 4.79 Å². The van der Waals surface area contributed by atoms with Crippen LogP contribution in [0.1, 0.15) is 17.5 Å². The van der Waals surface area contributed by atoms with E-state index in [-0.39, 0.29) is 5.91 Å². The summed E-state index contributed by atoms with van der Waals surface area (Å²) in [5.41, 5.74) is 2.61. The zero-order chi connectivity index (χ0) is 23.3. The van der Waals surface area contributed by atoms with Crippen molar-refractivity contribution in [3.8, 4) is 11.5 Å². The van der Waals surface area contributed by atoms with Gasteiger partial charge in [-0.3, -0.25) is 9.69 Å². The minimum atomic E-state index is -0.124. The molecule has 0 aliphatic rings. The molecule has 3 rings (SSSR count). The van der Waals surface area contributed by atoms with Crippen LogP contribution in [0.4, 0.5) is 5.13 Å². The standard InChI is InChI=1S/C24H28ClN3O3S/c1-16-18(25)9-11-21-23(16)26-24(32-21)28(14-6-13-27(2)3)22(29)12-8-17-7-10-19(30-4)20(15-17)31-5/h7-12,15H,6,13-14H2,1-5H3/b12-8+. The van der Waals surface area contributed by atoms with Crippen LogP contribution in [-0.4, -0.2) is 57.2 Å². The summed E-state index contributed by atoms with van der Waals surface area (Å²) in [5, 5.41) is 1.35. The summed E-state index contributed by atoms with van der Waals surface area (Å²) in [6, 6.07) is 9.36. The number of benzene rings is 2. The van der Waals surface area contributed by atoms with Gasteiger partial charge in [-0.15, -0.1) is 0 Å². The molecule has 6 nitrogen and oxygen atoms in total. The first-order chi connectivity index (χ1) is 15.3. The Morgan fingerprint density at radius 2 is 1.88 bits per heavy atom. The lowest BCUT2D eigenvalue weighted by Gasteiger charge is -2.19. The maximum atomic E-state index is 13.2. The van der Waals surface area contributed by atoms with Gasteiger partial charge in [-0.05, 0) is 75.5 Å². The van der Waals surface area contributed by atoms with Crippen LogP contribution >= 0.6 is 22.9 Å². The number of aromatic nitrogens is 1. The van der Waals surface area contributed by atoms with Crippen LogP contribution in [0, 0.1) is 6.92 Å². The minimum absolute atomic E-state index is 0.124. The fourth-order valence-electron chi connectivity index (χ4n) is 3.26. The summed E-state index contributed by atoms with van der Waals surface area (Å²) in [6.07, 6.45) is 4.18. The lowest BCUT2D eigenvalue weighted by atomic mass is 10.2. The van der Waals surface area contributed by atoms with E-state index in [1.54, 1.807) is 31.3 Å². The number of thiazole rings is 1. The van der Waals surface area contributed by atoms with E-state index >= 15 is 0 Å². The predicted molar refractivity (Wildman–Crippen MR) is 133 cm³/mol. The Hall–Kier alpha value is -2.61. The van der Waals surface area contributed by atoms with Gasteiger partial charge in [0.05, 0.1) is 24.4 Å². The first-order valence-corrected chi connectivity index (χ1v) is 11.5. The molecule has 0 aliphatic carbocycles. The average molecular weight is 474 g/mol. The number of rotatable bonds is 9. The highest BCUT2D eigenvalue weighted by atomic mass is 35.5. The first kappa shape index (κ1) is 24.0. The van der Waals surface area contributed by atoms with E-state index in [1.807, 2.05) is 51.4 Å². The summed E-state index contributed by atoms with van der Waals surface area (Å²) in [4.78, 5) is 21.8. The zero-order valence-corrected chi connectivity index (χ0v) is 20.6. The number of carbonyl (C=O) groups excluding carboxylic acids is 1. The van der Waals surface area contributed by atoms with Gasteiger partial charge in [0, 0.05) is 17.6 Å². The van der Waals surface area contributed by atoms with E-state index < -0.39 is 0 Å². The van der Waals surface area contributed by atoms with Crippen molar-refractivity contribution in [1.29, 1.82) is 0 Å². The third-order valence-corrected chi connectivity index (χ3v) is 6.50. The van der Waals surface area contributed by atoms with Gasteiger partial charge in [-0.2, -0.15) is 0 Å². The van der Waals surface area contributed by atoms with Crippen LogP contribution in [0.5, 0.6) is 11.5 Å². The van der Waals surface area contributed by atoms with Gasteiger partial charge < -0.3 is 14.4 Å². The molecule has 0 fully saturated rings. The number of aryl methyl sites for hydroxylation is 1. The van der Waals surface area contributed by atoms with E-state index in [0.29, 0.717) is 28.2 Å². The predicted octanol–water partition coefficient (Wildman–Crippen LogP) is 5.27. The summed E-state index contributed by atoms with van der Waals surface area (Å²) in [7, 11) is 7.22. The molecule has 0 aliphatic heterocycles. The van der Waals surface area contributed by atoms with Gasteiger partial charge in [-0.25, -0.2) is 4.98 Å². The van der Waals surface area contributed by atoms with Crippen LogP contribution in [0.2, 0.25) is 5.02 Å². The van der Waals surface area contributed by atoms with Crippen molar-refractivity contribution in [2.45, 2.75) is 13.3 Å². The number of ether oxygens (including phenoxy) is 2. The molecule has 0 bridgehead atoms. The van der Waals surface area contributed by atoms with Crippen LogP contribution < -0.4 is 14.4 Å². The lowest BCUT2D eigenvalue weighted by molar-refractivity contribution is -0.114. The Morgan fingerprint density at radius 1 is 1.12 bits per heavy atom. The maximum Gasteiger partial charge on any atom is 0.252 e. The Kier molecular flexibility index (Phi) is 8.12. The van der Waals surface area contributed by atoms with Crippen molar-refractivity contribution in [3.63, 3.8) is 0 Å². The molecule has 3 aromatic rings. The minimum Gasteiger partial charge on any atom is -0.493 e. The normalized spacial score (nSPS) is 11.5. The van der Waals surface area contributed by atoms with Crippen molar-refractivity contribution in [3.05, 3.63) is 52.6 Å². The Labute approximate surface area is 198 Å². The second-order valence-electron chi connectivity index (χ2n) is 7.61. The van der Waals surface area contributed by atoms with Crippen molar-refractivity contribution in [2.75, 3.05) is 46.3 Å². The van der Waals surface area contributed by atoms with Gasteiger partial charge >= 0.3 is 0 Å². The van der Waals surface area contributed by atoms with Crippen LogP contribution in [-0.2, 0) is 4.79 Å². The van der Waals surface area contributed by atoms with Crippen LogP contribution in [0.25, 0.3) is 16.3 Å². The molecule has 2 aromatic carbocycles. The zero-order valence-electron chi connectivity index (χ0n) is 19.0. The molecule has 0 saturated heterocycles. The van der Waals surface area contributed by atoms with E-state index in [2.05, 4.69) is 4.90 Å². The van der Waals surface area contributed by atoms with Crippen molar-refractivity contribution in [2.24, 2.45) is 0 Å². The quantitative estimate of drug-likeness (QED) is 0.396. The highest BCUT2D eigenvalue weighted by Gasteiger charge is 2.19. The van der Waals surface area contributed by atoms with Gasteiger partial charge in [0.15, 0.2) is 16.6 Å². The molecular formula is C24H28ClN3O3S. The number of amides is 1. The highest BCUT2D eigenvalue weighted by Crippen LogP contribution is 2.34. The SMILES string of the molecule is COc1ccc(/C=C/C(=O)N(CCCN(C)C)c2nc3c(C)c(Cl)ccc3s2)cc1OC. The Balaban J connectivity index is 1.89. The summed E-state index contributed by atoms with van der Waals surface area (Å²) in [6.45, 7) is 3.39. The summed E-state index contributed by atoms with van der Waals surface area (Å²) in [5.74, 6) is 1.13. The molecule has 1 heterocycles. The number of carbonyl (C=O) groups is 1. The molecule has 8 heteroatoms. The molecule has 0 radical (unpaired) electrons. The molecule has 0 spiro atoms. The van der Waals surface area contributed by atoms with E-state index in [1.165, 1.54) is 11.3 Å². The Morgan fingerprint density at radius 3 is 2.56 bits per heavy atom. The maximum absolute atomic E-state index is 13.2. The monoisotopic (exact) mass is 473 g/mol. The lowest BCUT2D eigenvalue weighted by Crippen LogP contribution is -2.32.